The van der Waals surface area contributed by atoms with Gasteiger partial charge in [0, 0.05) is 37.7 Å². The number of fused-ring (bicyclic) bond motifs is 1. The number of carbonyl (C=O) groups is 2. The Morgan fingerprint density at radius 1 is 1.42 bits per heavy atom. The minimum absolute atomic E-state index is 0.0817. The van der Waals surface area contributed by atoms with Gasteiger partial charge in [-0.25, -0.2) is 14.2 Å². The normalized spacial score (nSPS) is 18.1. The lowest BCUT2D eigenvalue weighted by Gasteiger charge is -2.37. The highest BCUT2D eigenvalue weighted by Gasteiger charge is 2.34. The second-order valence-electron chi connectivity index (χ2n) is 9.04. The second-order valence-corrected chi connectivity index (χ2v) is 9.04. The van der Waals surface area contributed by atoms with Crippen LogP contribution in [-0.2, 0) is 0 Å². The molecule has 0 spiro atoms. The molecular weight excluding hydrogens is 463 g/mol. The third kappa shape index (κ3) is 6.52. The molecule has 3 amide bonds. The van der Waals surface area contributed by atoms with E-state index < -0.39 is 24.0 Å². The summed E-state index contributed by atoms with van der Waals surface area (Å²) in [6, 6.07) is 6.67. The third-order valence-corrected chi connectivity index (χ3v) is 6.04. The molecule has 1 aromatic heterocycles. The number of pyridine rings is 1. The largest absolute Gasteiger partial charge is 0.472 e. The number of carbonyl (C=O) groups excluding carboxylic acids is 2. The van der Waals surface area contributed by atoms with Crippen molar-refractivity contribution in [3.05, 3.63) is 53.5 Å². The van der Waals surface area contributed by atoms with Gasteiger partial charge in [-0.15, -0.1) is 0 Å². The van der Waals surface area contributed by atoms with Crippen molar-refractivity contribution in [1.29, 1.82) is 0 Å². The fourth-order valence-corrected chi connectivity index (χ4v) is 3.80. The van der Waals surface area contributed by atoms with Crippen molar-refractivity contribution in [2.45, 2.75) is 45.8 Å². The maximum absolute atomic E-state index is 14.0. The number of unbranched alkanes of at least 4 members (excludes halogenated alkanes) is 1. The van der Waals surface area contributed by atoms with Gasteiger partial charge in [0.25, 0.3) is 5.91 Å². The van der Waals surface area contributed by atoms with E-state index in [-0.39, 0.29) is 42.1 Å². The topological polar surface area (TPSA) is 95.0 Å². The van der Waals surface area contributed by atoms with E-state index in [0.29, 0.717) is 12.1 Å². The van der Waals surface area contributed by atoms with Crippen molar-refractivity contribution in [1.82, 2.24) is 14.8 Å². The molecule has 2 aromatic rings. The van der Waals surface area contributed by atoms with E-state index in [9.17, 15) is 19.1 Å². The molecule has 0 aliphatic carbocycles. The number of ether oxygens (including phenoxy) is 1. The maximum atomic E-state index is 14.0. The molecule has 2 heterocycles. The van der Waals surface area contributed by atoms with Crippen LogP contribution in [0.2, 0.25) is 0 Å². The number of benzene rings is 1. The number of hydrogen-bond acceptors (Lipinski definition) is 5. The van der Waals surface area contributed by atoms with Gasteiger partial charge in [0.05, 0.1) is 24.9 Å². The van der Waals surface area contributed by atoms with Crippen LogP contribution in [0.3, 0.4) is 0 Å². The van der Waals surface area contributed by atoms with Crippen LogP contribution in [-0.4, -0.2) is 70.7 Å². The molecule has 0 bridgehead atoms. The van der Waals surface area contributed by atoms with E-state index in [2.05, 4.69) is 22.1 Å². The molecule has 9 heteroatoms. The van der Waals surface area contributed by atoms with Crippen molar-refractivity contribution in [2.75, 3.05) is 32.1 Å². The molecule has 0 fully saturated rings. The van der Waals surface area contributed by atoms with E-state index >= 15 is 0 Å². The lowest BCUT2D eigenvalue weighted by molar-refractivity contribution is 0.0356. The number of nitrogens with one attached hydrogen (secondary N) is 1. The molecule has 0 saturated carbocycles. The predicted molar refractivity (Wildman–Crippen MR) is 135 cm³/mol. The number of nitrogens with zero attached hydrogens (tertiary/aromatic N) is 3. The summed E-state index contributed by atoms with van der Waals surface area (Å²) in [7, 11) is 1.59. The number of para-hydroxylation sites is 1. The number of halogens is 1. The molecule has 1 aliphatic rings. The number of rotatable bonds is 6. The first-order valence-corrected chi connectivity index (χ1v) is 12.1. The Hall–Kier alpha value is -3.64. The highest BCUT2D eigenvalue weighted by atomic mass is 19.1. The Morgan fingerprint density at radius 3 is 2.86 bits per heavy atom. The van der Waals surface area contributed by atoms with Crippen LogP contribution in [0.4, 0.5) is 14.9 Å². The molecule has 0 unspecified atom stereocenters. The van der Waals surface area contributed by atoms with Crippen LogP contribution in [0.25, 0.3) is 0 Å². The Morgan fingerprint density at radius 2 is 2.17 bits per heavy atom. The van der Waals surface area contributed by atoms with Gasteiger partial charge >= 0.3 is 6.03 Å². The van der Waals surface area contributed by atoms with Gasteiger partial charge < -0.3 is 25.0 Å². The highest BCUT2D eigenvalue weighted by molar-refractivity contribution is 5.97. The van der Waals surface area contributed by atoms with Crippen molar-refractivity contribution in [3.8, 4) is 17.7 Å². The first-order chi connectivity index (χ1) is 17.2. The molecule has 192 valence electrons. The minimum Gasteiger partial charge on any atom is -0.472 e. The van der Waals surface area contributed by atoms with Crippen LogP contribution in [0.15, 0.2) is 36.5 Å². The van der Waals surface area contributed by atoms with Crippen LogP contribution >= 0.6 is 0 Å². The van der Waals surface area contributed by atoms with Gasteiger partial charge in [-0.3, -0.25) is 4.79 Å². The van der Waals surface area contributed by atoms with Gasteiger partial charge in [-0.05, 0) is 31.5 Å². The molecule has 3 rings (SSSR count). The van der Waals surface area contributed by atoms with Crippen LogP contribution < -0.4 is 10.1 Å². The maximum Gasteiger partial charge on any atom is 0.321 e. The van der Waals surface area contributed by atoms with Crippen molar-refractivity contribution < 1.29 is 23.8 Å². The smallest absolute Gasteiger partial charge is 0.321 e. The summed E-state index contributed by atoms with van der Waals surface area (Å²) in [5, 5.41) is 12.4. The summed E-state index contributed by atoms with van der Waals surface area (Å²) in [5.41, 5.74) is 0.939. The standard InChI is InChI=1S/C27H33FN4O4/c1-5-6-7-10-20-13-21-25(29-14-20)36-24(18(2)15-32(26(21)34)19(3)17-33)16-31(4)27(35)30-23-12-9-8-11-22(23)28/h8-9,11-14,18-19,24,33H,5-6,15-17H2,1-4H3,(H,30,35)/t18-,19-,24-/m0/s1. The van der Waals surface area contributed by atoms with Crippen LogP contribution in [0.1, 0.15) is 49.5 Å². The monoisotopic (exact) mass is 496 g/mol. The summed E-state index contributed by atoms with van der Waals surface area (Å²) in [6.45, 7) is 5.98. The van der Waals surface area contributed by atoms with Crippen molar-refractivity contribution in [3.63, 3.8) is 0 Å². The van der Waals surface area contributed by atoms with Gasteiger partial charge in [-0.1, -0.05) is 37.8 Å². The second kappa shape index (κ2) is 12.4. The molecule has 8 nitrogen and oxygen atoms in total. The minimum atomic E-state index is -0.530. The zero-order chi connectivity index (χ0) is 26.2. The third-order valence-electron chi connectivity index (χ3n) is 6.04. The first-order valence-electron chi connectivity index (χ1n) is 12.1. The van der Waals surface area contributed by atoms with Gasteiger partial charge in [0.1, 0.15) is 17.5 Å². The first kappa shape index (κ1) is 27.0. The Balaban J connectivity index is 1.88. The van der Waals surface area contributed by atoms with Crippen LogP contribution in [0.5, 0.6) is 5.88 Å². The summed E-state index contributed by atoms with van der Waals surface area (Å²) < 4.78 is 20.2. The number of hydrogen-bond donors (Lipinski definition) is 2. The number of amides is 3. The lowest BCUT2D eigenvalue weighted by atomic mass is 10.00. The summed E-state index contributed by atoms with van der Waals surface area (Å²) in [5.74, 6) is 5.19. The Bertz CT molecular complexity index is 1150. The van der Waals surface area contributed by atoms with Gasteiger partial charge in [0.15, 0.2) is 0 Å². The van der Waals surface area contributed by atoms with E-state index in [4.69, 9.17) is 4.74 Å². The van der Waals surface area contributed by atoms with Gasteiger partial charge in [0.2, 0.25) is 5.88 Å². The fourth-order valence-electron chi connectivity index (χ4n) is 3.80. The number of urea groups is 1. The van der Waals surface area contributed by atoms with E-state index in [1.165, 1.54) is 17.0 Å². The number of likely N-dealkylation sites (N-methyl/N-ethyl adjacent to an activating group) is 1. The van der Waals surface area contributed by atoms with Crippen LogP contribution in [0, 0.1) is 23.6 Å². The molecular formula is C27H33FN4O4. The molecule has 3 atom stereocenters. The number of anilines is 1. The summed E-state index contributed by atoms with van der Waals surface area (Å²) in [6.07, 6.45) is 2.70. The molecule has 36 heavy (non-hydrogen) atoms. The SMILES string of the molecule is CCCC#Cc1cnc2c(c1)C(=O)N([C@@H](C)CO)C[C@H](C)[C@H](CN(C)C(=O)Nc1ccccc1F)O2. The fraction of sp³-hybridized carbons (Fsp3) is 0.444. The summed E-state index contributed by atoms with van der Waals surface area (Å²) >= 11 is 0. The zero-order valence-corrected chi connectivity index (χ0v) is 21.1. The Kier molecular flexibility index (Phi) is 9.25. The predicted octanol–water partition coefficient (Wildman–Crippen LogP) is 3.76. The average Bonchev–Trinajstić information content (AvgIpc) is 2.87. The quantitative estimate of drug-likeness (QED) is 0.594. The zero-order valence-electron chi connectivity index (χ0n) is 21.1. The number of aliphatic hydroxyl groups is 1. The van der Waals surface area contributed by atoms with E-state index in [1.807, 2.05) is 13.8 Å². The van der Waals surface area contributed by atoms with Gasteiger partial charge in [-0.2, -0.15) is 0 Å². The average molecular weight is 497 g/mol. The molecule has 0 saturated heterocycles. The molecule has 2 N–H and O–H groups in total. The highest BCUT2D eigenvalue weighted by Crippen LogP contribution is 2.27. The number of aromatic nitrogens is 1. The molecule has 1 aliphatic heterocycles. The van der Waals surface area contributed by atoms with Crippen molar-refractivity contribution in [2.24, 2.45) is 5.92 Å². The molecule has 1 aromatic carbocycles. The summed E-state index contributed by atoms with van der Waals surface area (Å²) in [4.78, 5) is 33.6. The lowest BCUT2D eigenvalue weighted by Crippen LogP contribution is -2.50. The number of aliphatic hydroxyl groups excluding tert-OH is 1. The van der Waals surface area contributed by atoms with E-state index in [1.54, 1.807) is 43.3 Å². The Labute approximate surface area is 211 Å². The van der Waals surface area contributed by atoms with Crippen molar-refractivity contribution >= 4 is 17.6 Å². The van der Waals surface area contributed by atoms with E-state index in [0.717, 1.165) is 12.8 Å². The molecule has 0 radical (unpaired) electrons.